The van der Waals surface area contributed by atoms with E-state index >= 15 is 0 Å². The predicted octanol–water partition coefficient (Wildman–Crippen LogP) is 1.63. The molecule has 0 unspecified atom stereocenters. The molecule has 5 heteroatoms. The van der Waals surface area contributed by atoms with Gasteiger partial charge in [-0.25, -0.2) is 4.98 Å². The molecule has 1 aromatic rings. The van der Waals surface area contributed by atoms with E-state index in [1.54, 1.807) is 11.3 Å². The number of nitrogens with zero attached hydrogens (tertiary/aromatic N) is 1. The highest BCUT2D eigenvalue weighted by Gasteiger charge is 2.37. The lowest BCUT2D eigenvalue weighted by molar-refractivity contribution is -0.124. The zero-order valence-electron chi connectivity index (χ0n) is 10.9. The third-order valence-electron chi connectivity index (χ3n) is 3.71. The number of carbonyl (C=O) groups excluding carboxylic acids is 1. The van der Waals surface area contributed by atoms with Crippen LogP contribution in [0.2, 0.25) is 0 Å². The van der Waals surface area contributed by atoms with Gasteiger partial charge in [0.25, 0.3) is 0 Å². The largest absolute Gasteiger partial charge is 0.356 e. The minimum atomic E-state index is 0.0991. The number of aromatic nitrogens is 1. The number of aryl methyl sites for hydroxylation is 1. The van der Waals surface area contributed by atoms with Crippen LogP contribution in [0.25, 0.3) is 0 Å². The number of carbonyl (C=O) groups is 1. The zero-order valence-corrected chi connectivity index (χ0v) is 11.7. The van der Waals surface area contributed by atoms with Crippen molar-refractivity contribution in [2.45, 2.75) is 39.0 Å². The highest BCUT2D eigenvalue weighted by molar-refractivity contribution is 7.09. The average molecular weight is 267 g/mol. The molecule has 2 rings (SSSR count). The van der Waals surface area contributed by atoms with Crippen molar-refractivity contribution < 1.29 is 4.79 Å². The molecule has 1 fully saturated rings. The van der Waals surface area contributed by atoms with E-state index in [1.165, 1.54) is 6.42 Å². The first kappa shape index (κ1) is 13.5. The maximum Gasteiger partial charge on any atom is 0.220 e. The van der Waals surface area contributed by atoms with Crippen molar-refractivity contribution in [2.75, 3.05) is 13.1 Å². The smallest absolute Gasteiger partial charge is 0.220 e. The second-order valence-electron chi connectivity index (χ2n) is 5.22. The molecular formula is C13H21N3OS. The summed E-state index contributed by atoms with van der Waals surface area (Å²) in [5.74, 6) is 0.133. The van der Waals surface area contributed by atoms with E-state index in [4.69, 9.17) is 5.73 Å². The van der Waals surface area contributed by atoms with Crippen molar-refractivity contribution >= 4 is 17.2 Å². The molecule has 0 aromatic carbocycles. The average Bonchev–Trinajstić information content (AvgIpc) is 2.70. The number of thiazole rings is 1. The van der Waals surface area contributed by atoms with Gasteiger partial charge in [-0.05, 0) is 31.7 Å². The van der Waals surface area contributed by atoms with Crippen LogP contribution in [0, 0.1) is 12.3 Å². The summed E-state index contributed by atoms with van der Waals surface area (Å²) in [6, 6.07) is 0. The lowest BCUT2D eigenvalue weighted by atomic mass is 9.66. The number of hydrogen-bond donors (Lipinski definition) is 2. The Kier molecular flexibility index (Phi) is 4.35. The van der Waals surface area contributed by atoms with Crippen molar-refractivity contribution in [3.8, 4) is 0 Å². The summed E-state index contributed by atoms with van der Waals surface area (Å²) in [6.45, 7) is 3.29. The van der Waals surface area contributed by atoms with Gasteiger partial charge in [0.1, 0.15) is 0 Å². The summed E-state index contributed by atoms with van der Waals surface area (Å²) >= 11 is 1.65. The summed E-state index contributed by atoms with van der Waals surface area (Å²) in [7, 11) is 0. The topological polar surface area (TPSA) is 68.0 Å². The second kappa shape index (κ2) is 5.80. The first-order chi connectivity index (χ1) is 8.63. The van der Waals surface area contributed by atoms with Gasteiger partial charge < -0.3 is 11.1 Å². The van der Waals surface area contributed by atoms with Gasteiger partial charge in [-0.3, -0.25) is 4.79 Å². The summed E-state index contributed by atoms with van der Waals surface area (Å²) < 4.78 is 0. The van der Waals surface area contributed by atoms with E-state index in [0.29, 0.717) is 19.5 Å². The van der Waals surface area contributed by atoms with Gasteiger partial charge in [0.2, 0.25) is 5.91 Å². The molecule has 100 valence electrons. The molecule has 1 saturated carbocycles. The molecule has 0 atom stereocenters. The van der Waals surface area contributed by atoms with Crippen molar-refractivity contribution in [2.24, 2.45) is 11.1 Å². The number of nitrogens with one attached hydrogen (secondary N) is 1. The normalized spacial score (nSPS) is 17.2. The van der Waals surface area contributed by atoms with Gasteiger partial charge in [-0.2, -0.15) is 0 Å². The fourth-order valence-corrected chi connectivity index (χ4v) is 3.14. The van der Waals surface area contributed by atoms with Crippen LogP contribution >= 0.6 is 11.3 Å². The van der Waals surface area contributed by atoms with Crippen LogP contribution in [0.4, 0.5) is 0 Å². The van der Waals surface area contributed by atoms with Crippen molar-refractivity contribution in [3.05, 3.63) is 16.1 Å². The Morgan fingerprint density at radius 1 is 1.61 bits per heavy atom. The van der Waals surface area contributed by atoms with Crippen LogP contribution in [-0.4, -0.2) is 24.0 Å². The quantitative estimate of drug-likeness (QED) is 0.823. The van der Waals surface area contributed by atoms with Crippen molar-refractivity contribution in [1.82, 2.24) is 10.3 Å². The molecule has 1 amide bonds. The number of nitrogens with two attached hydrogens (primary N) is 1. The molecule has 0 aliphatic heterocycles. The molecule has 3 N–H and O–H groups in total. The lowest BCUT2D eigenvalue weighted by Gasteiger charge is -2.40. The SMILES string of the molecule is Cc1csc(CCNC(=O)CC2(CN)CCC2)n1. The summed E-state index contributed by atoms with van der Waals surface area (Å²) in [6.07, 6.45) is 4.81. The van der Waals surface area contributed by atoms with E-state index in [2.05, 4.69) is 10.3 Å². The summed E-state index contributed by atoms with van der Waals surface area (Å²) in [5.41, 5.74) is 6.90. The van der Waals surface area contributed by atoms with E-state index in [-0.39, 0.29) is 11.3 Å². The molecule has 1 aliphatic carbocycles. The third-order valence-corrected chi connectivity index (χ3v) is 4.74. The molecule has 1 aliphatic rings. The van der Waals surface area contributed by atoms with Gasteiger partial charge in [0.15, 0.2) is 0 Å². The molecule has 0 spiro atoms. The summed E-state index contributed by atoms with van der Waals surface area (Å²) in [4.78, 5) is 16.2. The Morgan fingerprint density at radius 3 is 2.89 bits per heavy atom. The fourth-order valence-electron chi connectivity index (χ4n) is 2.36. The predicted molar refractivity (Wildman–Crippen MR) is 73.5 cm³/mol. The Hall–Kier alpha value is -0.940. The number of rotatable bonds is 6. The van der Waals surface area contributed by atoms with E-state index in [9.17, 15) is 4.79 Å². The standard InChI is InChI=1S/C13H21N3OS/c1-10-8-18-12(16-10)3-6-15-11(17)7-13(9-14)4-2-5-13/h8H,2-7,9,14H2,1H3,(H,15,17). The van der Waals surface area contributed by atoms with Crippen LogP contribution in [0.5, 0.6) is 0 Å². The van der Waals surface area contributed by atoms with Crippen LogP contribution < -0.4 is 11.1 Å². The second-order valence-corrected chi connectivity index (χ2v) is 6.16. The number of hydrogen-bond acceptors (Lipinski definition) is 4. The lowest BCUT2D eigenvalue weighted by Crippen LogP contribution is -2.42. The molecule has 0 saturated heterocycles. The van der Waals surface area contributed by atoms with Crippen LogP contribution in [0.1, 0.15) is 36.4 Å². The highest BCUT2D eigenvalue weighted by Crippen LogP contribution is 2.42. The van der Waals surface area contributed by atoms with E-state index in [1.807, 2.05) is 12.3 Å². The van der Waals surface area contributed by atoms with Gasteiger partial charge in [0.05, 0.1) is 5.01 Å². The van der Waals surface area contributed by atoms with Crippen LogP contribution in [0.15, 0.2) is 5.38 Å². The molecule has 1 aromatic heterocycles. The van der Waals surface area contributed by atoms with E-state index < -0.39 is 0 Å². The zero-order chi connectivity index (χ0) is 13.0. The van der Waals surface area contributed by atoms with Gasteiger partial charge in [0, 0.05) is 30.5 Å². The van der Waals surface area contributed by atoms with Crippen LogP contribution in [-0.2, 0) is 11.2 Å². The molecule has 18 heavy (non-hydrogen) atoms. The van der Waals surface area contributed by atoms with Gasteiger partial charge in [-0.1, -0.05) is 6.42 Å². The summed E-state index contributed by atoms with van der Waals surface area (Å²) in [5, 5.41) is 6.10. The monoisotopic (exact) mass is 267 g/mol. The minimum absolute atomic E-state index is 0.0991. The van der Waals surface area contributed by atoms with Crippen molar-refractivity contribution in [3.63, 3.8) is 0 Å². The Morgan fingerprint density at radius 2 is 2.39 bits per heavy atom. The number of amides is 1. The molecule has 1 heterocycles. The third kappa shape index (κ3) is 3.29. The fraction of sp³-hybridized carbons (Fsp3) is 0.692. The molecular weight excluding hydrogens is 246 g/mol. The Labute approximate surface area is 112 Å². The maximum atomic E-state index is 11.8. The molecule has 0 bridgehead atoms. The van der Waals surface area contributed by atoms with Gasteiger partial charge >= 0.3 is 0 Å². The maximum absolute atomic E-state index is 11.8. The highest BCUT2D eigenvalue weighted by atomic mass is 32.1. The first-order valence-electron chi connectivity index (χ1n) is 6.51. The van der Waals surface area contributed by atoms with Crippen LogP contribution in [0.3, 0.4) is 0 Å². The first-order valence-corrected chi connectivity index (χ1v) is 7.39. The Balaban J connectivity index is 1.69. The molecule has 4 nitrogen and oxygen atoms in total. The van der Waals surface area contributed by atoms with Crippen molar-refractivity contribution in [1.29, 1.82) is 0 Å². The van der Waals surface area contributed by atoms with Gasteiger partial charge in [-0.15, -0.1) is 11.3 Å². The van der Waals surface area contributed by atoms with E-state index in [0.717, 1.165) is 30.0 Å². The Bertz CT molecular complexity index is 407. The minimum Gasteiger partial charge on any atom is -0.356 e. The molecule has 0 radical (unpaired) electrons.